The first-order valence-corrected chi connectivity index (χ1v) is 6.81. The molecule has 0 aliphatic carbocycles. The Balaban J connectivity index is 2.18. The molecular weight excluding hydrogens is 240 g/mol. The molecular formula is C15H22N2O2. The van der Waals surface area contributed by atoms with E-state index in [0.29, 0.717) is 6.54 Å². The maximum Gasteiger partial charge on any atom is 0.254 e. The summed E-state index contributed by atoms with van der Waals surface area (Å²) >= 11 is 0. The molecule has 1 amide bonds. The second kappa shape index (κ2) is 6.06. The van der Waals surface area contributed by atoms with Gasteiger partial charge >= 0.3 is 0 Å². The Morgan fingerprint density at radius 3 is 2.95 bits per heavy atom. The molecule has 0 saturated carbocycles. The maximum absolute atomic E-state index is 12.6. The molecule has 4 heteroatoms. The van der Waals surface area contributed by atoms with E-state index in [1.165, 1.54) is 0 Å². The Labute approximate surface area is 114 Å². The zero-order chi connectivity index (χ0) is 13.8. The van der Waals surface area contributed by atoms with Crippen molar-refractivity contribution in [3.63, 3.8) is 0 Å². The summed E-state index contributed by atoms with van der Waals surface area (Å²) in [4.78, 5) is 14.5. The summed E-state index contributed by atoms with van der Waals surface area (Å²) in [7, 11) is 1.88. The Hall–Kier alpha value is -1.55. The van der Waals surface area contributed by atoms with Crippen molar-refractivity contribution in [2.24, 2.45) is 0 Å². The molecule has 1 aliphatic heterocycles. The van der Waals surface area contributed by atoms with E-state index in [1.807, 2.05) is 44.0 Å². The Morgan fingerprint density at radius 2 is 2.26 bits per heavy atom. The van der Waals surface area contributed by atoms with Crippen LogP contribution in [0.15, 0.2) is 18.2 Å². The van der Waals surface area contributed by atoms with Gasteiger partial charge in [-0.05, 0) is 44.0 Å². The van der Waals surface area contributed by atoms with Crippen molar-refractivity contribution < 1.29 is 9.53 Å². The lowest BCUT2D eigenvalue weighted by Crippen LogP contribution is -2.36. The van der Waals surface area contributed by atoms with Crippen LogP contribution in [0.2, 0.25) is 0 Å². The molecule has 104 valence electrons. The van der Waals surface area contributed by atoms with E-state index in [1.54, 1.807) is 0 Å². The van der Waals surface area contributed by atoms with E-state index in [-0.39, 0.29) is 12.0 Å². The van der Waals surface area contributed by atoms with E-state index >= 15 is 0 Å². The predicted molar refractivity (Wildman–Crippen MR) is 76.7 cm³/mol. The van der Waals surface area contributed by atoms with Crippen LogP contribution in [0.1, 0.15) is 29.3 Å². The first-order chi connectivity index (χ1) is 9.11. The van der Waals surface area contributed by atoms with Crippen LogP contribution in [0.5, 0.6) is 0 Å². The predicted octanol–water partition coefficient (Wildman–Crippen LogP) is 2.29. The standard InChI is InChI=1S/C15H22N2O2/c1-11-9-13(16-3)5-6-14(11)15(18)17-7-4-8-19-12(2)10-17/h5-6,9,12,16H,4,7-8,10H2,1-3H3. The molecule has 1 fully saturated rings. The van der Waals surface area contributed by atoms with Gasteiger partial charge in [0.25, 0.3) is 5.91 Å². The van der Waals surface area contributed by atoms with Crippen molar-refractivity contribution in [2.75, 3.05) is 32.1 Å². The maximum atomic E-state index is 12.6. The summed E-state index contributed by atoms with van der Waals surface area (Å²) in [5, 5.41) is 3.09. The molecule has 19 heavy (non-hydrogen) atoms. The number of aryl methyl sites for hydroxylation is 1. The molecule has 1 atom stereocenters. The van der Waals surface area contributed by atoms with Gasteiger partial charge in [-0.15, -0.1) is 0 Å². The normalized spacial score (nSPS) is 19.9. The van der Waals surface area contributed by atoms with Crippen LogP contribution in [0.25, 0.3) is 0 Å². The molecule has 0 spiro atoms. The monoisotopic (exact) mass is 262 g/mol. The number of carbonyl (C=O) groups is 1. The molecule has 1 unspecified atom stereocenters. The fraction of sp³-hybridized carbons (Fsp3) is 0.533. The molecule has 1 saturated heterocycles. The summed E-state index contributed by atoms with van der Waals surface area (Å²) in [6.45, 7) is 6.18. The van der Waals surface area contributed by atoms with Crippen molar-refractivity contribution in [3.05, 3.63) is 29.3 Å². The van der Waals surface area contributed by atoms with Gasteiger partial charge < -0.3 is 15.0 Å². The van der Waals surface area contributed by atoms with Gasteiger partial charge in [0, 0.05) is 38.0 Å². The third-order valence-electron chi connectivity index (χ3n) is 3.48. The molecule has 1 aliphatic rings. The smallest absolute Gasteiger partial charge is 0.254 e. The van der Waals surface area contributed by atoms with E-state index in [9.17, 15) is 4.79 Å². The fourth-order valence-corrected chi connectivity index (χ4v) is 2.41. The first-order valence-electron chi connectivity index (χ1n) is 6.81. The van der Waals surface area contributed by atoms with Gasteiger partial charge in [-0.2, -0.15) is 0 Å². The molecule has 1 heterocycles. The topological polar surface area (TPSA) is 41.6 Å². The van der Waals surface area contributed by atoms with Crippen LogP contribution in [0.3, 0.4) is 0 Å². The Morgan fingerprint density at radius 1 is 1.47 bits per heavy atom. The zero-order valence-corrected chi connectivity index (χ0v) is 11.9. The molecule has 4 nitrogen and oxygen atoms in total. The van der Waals surface area contributed by atoms with E-state index in [0.717, 1.165) is 36.4 Å². The second-order valence-corrected chi connectivity index (χ2v) is 5.07. The summed E-state index contributed by atoms with van der Waals surface area (Å²) in [6, 6.07) is 5.85. The van der Waals surface area contributed by atoms with Crippen molar-refractivity contribution in [1.29, 1.82) is 0 Å². The van der Waals surface area contributed by atoms with E-state index in [2.05, 4.69) is 5.32 Å². The van der Waals surface area contributed by atoms with Crippen molar-refractivity contribution in [3.8, 4) is 0 Å². The number of carbonyl (C=O) groups excluding carboxylic acids is 1. The van der Waals surface area contributed by atoms with Crippen LogP contribution in [0.4, 0.5) is 5.69 Å². The molecule has 0 aromatic heterocycles. The molecule has 2 rings (SSSR count). The molecule has 1 N–H and O–H groups in total. The van der Waals surface area contributed by atoms with Gasteiger partial charge in [-0.3, -0.25) is 4.79 Å². The number of hydrogen-bond donors (Lipinski definition) is 1. The quantitative estimate of drug-likeness (QED) is 0.889. The van der Waals surface area contributed by atoms with Crippen LogP contribution in [-0.4, -0.2) is 43.7 Å². The first kappa shape index (κ1) is 13.9. The fourth-order valence-electron chi connectivity index (χ4n) is 2.41. The van der Waals surface area contributed by atoms with Crippen molar-refractivity contribution in [1.82, 2.24) is 4.90 Å². The highest BCUT2D eigenvalue weighted by Gasteiger charge is 2.22. The highest BCUT2D eigenvalue weighted by Crippen LogP contribution is 2.18. The zero-order valence-electron chi connectivity index (χ0n) is 11.9. The molecule has 1 aromatic rings. The van der Waals surface area contributed by atoms with Crippen molar-refractivity contribution in [2.45, 2.75) is 26.4 Å². The number of benzene rings is 1. The van der Waals surface area contributed by atoms with Crippen molar-refractivity contribution >= 4 is 11.6 Å². The minimum atomic E-state index is 0.109. The highest BCUT2D eigenvalue weighted by molar-refractivity contribution is 5.96. The highest BCUT2D eigenvalue weighted by atomic mass is 16.5. The average Bonchev–Trinajstić information content (AvgIpc) is 2.62. The lowest BCUT2D eigenvalue weighted by atomic mass is 10.1. The third kappa shape index (κ3) is 3.26. The van der Waals surface area contributed by atoms with Crippen LogP contribution < -0.4 is 5.32 Å². The number of nitrogens with one attached hydrogen (secondary N) is 1. The minimum absolute atomic E-state index is 0.109. The Bertz CT molecular complexity index is 459. The lowest BCUT2D eigenvalue weighted by Gasteiger charge is -2.23. The summed E-state index contributed by atoms with van der Waals surface area (Å²) < 4.78 is 5.58. The van der Waals surface area contributed by atoms with E-state index < -0.39 is 0 Å². The van der Waals surface area contributed by atoms with Crippen LogP contribution >= 0.6 is 0 Å². The number of nitrogens with zero attached hydrogens (tertiary/aromatic N) is 1. The van der Waals surface area contributed by atoms with E-state index in [4.69, 9.17) is 4.74 Å². The summed E-state index contributed by atoms with van der Waals surface area (Å²) in [5.74, 6) is 0.109. The molecule has 0 radical (unpaired) electrons. The van der Waals surface area contributed by atoms with Crippen LogP contribution in [-0.2, 0) is 4.74 Å². The van der Waals surface area contributed by atoms with Gasteiger partial charge in [0.05, 0.1) is 6.10 Å². The minimum Gasteiger partial charge on any atom is -0.388 e. The van der Waals surface area contributed by atoms with Gasteiger partial charge in [0.15, 0.2) is 0 Å². The summed E-state index contributed by atoms with van der Waals surface area (Å²) in [5.41, 5.74) is 2.82. The number of rotatable bonds is 2. The van der Waals surface area contributed by atoms with Gasteiger partial charge in [-0.25, -0.2) is 0 Å². The lowest BCUT2D eigenvalue weighted by molar-refractivity contribution is 0.0562. The number of anilines is 1. The molecule has 0 bridgehead atoms. The largest absolute Gasteiger partial charge is 0.388 e. The number of hydrogen-bond acceptors (Lipinski definition) is 3. The number of ether oxygens (including phenoxy) is 1. The number of amides is 1. The second-order valence-electron chi connectivity index (χ2n) is 5.07. The van der Waals surface area contributed by atoms with Gasteiger partial charge in [0.1, 0.15) is 0 Å². The SMILES string of the molecule is CNc1ccc(C(=O)N2CCCOC(C)C2)c(C)c1. The average molecular weight is 262 g/mol. The van der Waals surface area contributed by atoms with Gasteiger partial charge in [0.2, 0.25) is 0 Å². The van der Waals surface area contributed by atoms with Crippen LogP contribution in [0, 0.1) is 6.92 Å². The molecule has 1 aromatic carbocycles. The third-order valence-corrected chi connectivity index (χ3v) is 3.48. The van der Waals surface area contributed by atoms with Gasteiger partial charge in [-0.1, -0.05) is 0 Å². The summed E-state index contributed by atoms with van der Waals surface area (Å²) in [6.07, 6.45) is 1.02. The Kier molecular flexibility index (Phi) is 4.43.